The summed E-state index contributed by atoms with van der Waals surface area (Å²) in [6.45, 7) is 0. The lowest BCUT2D eigenvalue weighted by Crippen LogP contribution is -2.34. The molecule has 2 atom stereocenters. The predicted molar refractivity (Wildman–Crippen MR) is 127 cm³/mol. The molecule has 8 heteroatoms. The van der Waals surface area contributed by atoms with E-state index in [1.165, 1.54) is 0 Å². The maximum atomic E-state index is 12.6. The van der Waals surface area contributed by atoms with E-state index in [2.05, 4.69) is 15.7 Å². The molecule has 1 unspecified atom stereocenters. The van der Waals surface area contributed by atoms with Gasteiger partial charge in [0, 0.05) is 36.3 Å². The third-order valence-corrected chi connectivity index (χ3v) is 6.10. The van der Waals surface area contributed by atoms with E-state index in [-0.39, 0.29) is 23.8 Å². The molecule has 0 spiro atoms. The minimum absolute atomic E-state index is 0.00710. The lowest BCUT2D eigenvalue weighted by Gasteiger charge is -2.25. The molecule has 0 bridgehead atoms. The maximum Gasteiger partial charge on any atom is 0.257 e. The molecule has 1 saturated carbocycles. The number of nitrogens with one attached hydrogen (secondary N) is 2. The van der Waals surface area contributed by atoms with E-state index < -0.39 is 0 Å². The molecule has 1 aromatic heterocycles. The van der Waals surface area contributed by atoms with Crippen molar-refractivity contribution in [2.75, 3.05) is 10.6 Å². The van der Waals surface area contributed by atoms with Crippen molar-refractivity contribution in [2.45, 2.75) is 31.7 Å². The van der Waals surface area contributed by atoms with Gasteiger partial charge < -0.3 is 16.4 Å². The van der Waals surface area contributed by atoms with E-state index in [0.717, 1.165) is 36.9 Å². The Kier molecular flexibility index (Phi) is 6.58. The zero-order valence-corrected chi connectivity index (χ0v) is 18.6. The smallest absolute Gasteiger partial charge is 0.257 e. The lowest BCUT2D eigenvalue weighted by atomic mass is 9.85. The van der Waals surface area contributed by atoms with Crippen LogP contribution in [0.4, 0.5) is 11.5 Å². The van der Waals surface area contributed by atoms with Crippen molar-refractivity contribution in [1.29, 1.82) is 0 Å². The van der Waals surface area contributed by atoms with Crippen molar-refractivity contribution >= 4 is 34.9 Å². The summed E-state index contributed by atoms with van der Waals surface area (Å²) in [6.07, 6.45) is 3.55. The van der Waals surface area contributed by atoms with Gasteiger partial charge in [-0.3, -0.25) is 14.3 Å². The summed E-state index contributed by atoms with van der Waals surface area (Å²) in [7, 11) is 1.80. The van der Waals surface area contributed by atoms with Gasteiger partial charge in [0.1, 0.15) is 5.82 Å². The second-order valence-electron chi connectivity index (χ2n) is 8.16. The second kappa shape index (κ2) is 9.54. The second-order valence-corrected chi connectivity index (χ2v) is 8.57. The van der Waals surface area contributed by atoms with Crippen molar-refractivity contribution < 1.29 is 9.59 Å². The molecule has 1 heterocycles. The molecule has 7 nitrogen and oxygen atoms in total. The van der Waals surface area contributed by atoms with Gasteiger partial charge in [0.25, 0.3) is 5.91 Å². The number of carbonyl (C=O) groups is 2. The molecule has 1 aliphatic carbocycles. The molecule has 0 aliphatic heterocycles. The molecule has 0 radical (unpaired) electrons. The average Bonchev–Trinajstić information content (AvgIpc) is 3.14. The first kappa shape index (κ1) is 22.0. The predicted octanol–water partition coefficient (Wildman–Crippen LogP) is 4.45. The first-order valence-corrected chi connectivity index (χ1v) is 11.1. The Labute approximate surface area is 191 Å². The number of anilines is 2. The lowest BCUT2D eigenvalue weighted by molar-refractivity contribution is -0.120. The van der Waals surface area contributed by atoms with Crippen molar-refractivity contribution in [3.63, 3.8) is 0 Å². The van der Waals surface area contributed by atoms with Gasteiger partial charge in [0.05, 0.1) is 16.3 Å². The minimum Gasteiger partial charge on any atom is -0.328 e. The van der Waals surface area contributed by atoms with Crippen LogP contribution >= 0.6 is 11.6 Å². The number of halogens is 1. The topological polar surface area (TPSA) is 102 Å². The van der Waals surface area contributed by atoms with Crippen LogP contribution < -0.4 is 16.4 Å². The molecule has 1 aliphatic rings. The number of aryl methyl sites for hydroxylation is 1. The zero-order valence-electron chi connectivity index (χ0n) is 17.8. The summed E-state index contributed by atoms with van der Waals surface area (Å²) in [5.41, 5.74) is 8.69. The Morgan fingerprint density at radius 2 is 1.84 bits per heavy atom. The van der Waals surface area contributed by atoms with E-state index in [9.17, 15) is 9.59 Å². The quantitative estimate of drug-likeness (QED) is 0.533. The summed E-state index contributed by atoms with van der Waals surface area (Å²) in [5.74, 6) is 0.305. The van der Waals surface area contributed by atoms with Crippen LogP contribution in [0, 0.1) is 5.92 Å². The number of rotatable bonds is 5. The van der Waals surface area contributed by atoms with Crippen molar-refractivity contribution in [1.82, 2.24) is 9.78 Å². The van der Waals surface area contributed by atoms with Gasteiger partial charge in [-0.25, -0.2) is 0 Å². The van der Waals surface area contributed by atoms with Crippen LogP contribution in [0.1, 0.15) is 36.0 Å². The van der Waals surface area contributed by atoms with E-state index >= 15 is 0 Å². The summed E-state index contributed by atoms with van der Waals surface area (Å²) < 4.78 is 1.66. The molecular weight excluding hydrogens is 426 g/mol. The molecule has 32 heavy (non-hydrogen) atoms. The van der Waals surface area contributed by atoms with Crippen LogP contribution in [0.3, 0.4) is 0 Å². The minimum atomic E-state index is -0.270. The number of hydrogen-bond donors (Lipinski definition) is 3. The highest BCUT2D eigenvalue weighted by molar-refractivity contribution is 6.34. The van der Waals surface area contributed by atoms with Crippen LogP contribution in [-0.4, -0.2) is 27.6 Å². The van der Waals surface area contributed by atoms with Crippen LogP contribution in [0.15, 0.2) is 54.6 Å². The van der Waals surface area contributed by atoms with Gasteiger partial charge in [0.15, 0.2) is 0 Å². The fourth-order valence-electron chi connectivity index (χ4n) is 3.99. The molecule has 2 aromatic carbocycles. The zero-order chi connectivity index (χ0) is 22.7. The van der Waals surface area contributed by atoms with Gasteiger partial charge in [0.2, 0.25) is 5.91 Å². The van der Waals surface area contributed by atoms with Crippen LogP contribution in [0.25, 0.3) is 11.3 Å². The van der Waals surface area contributed by atoms with Crippen molar-refractivity contribution in [2.24, 2.45) is 18.7 Å². The third-order valence-electron chi connectivity index (χ3n) is 5.77. The number of amides is 2. The van der Waals surface area contributed by atoms with Gasteiger partial charge in [-0.1, -0.05) is 42.3 Å². The van der Waals surface area contributed by atoms with Crippen molar-refractivity contribution in [3.8, 4) is 11.3 Å². The summed E-state index contributed by atoms with van der Waals surface area (Å²) in [4.78, 5) is 25.1. The number of nitrogens with zero attached hydrogens (tertiary/aromatic N) is 2. The molecule has 2 amide bonds. The van der Waals surface area contributed by atoms with E-state index in [1.54, 1.807) is 48.1 Å². The SMILES string of the molecule is Cn1nc(-c2ccc(NC(=O)c3ccccc3Cl)cc2)cc1NC(=O)C1CCC[C@H](N)C1. The molecule has 0 saturated heterocycles. The molecule has 3 aromatic rings. The largest absolute Gasteiger partial charge is 0.328 e. The standard InChI is InChI=1S/C24H26ClN5O2/c1-30-22(28-23(31)16-5-4-6-17(26)13-16)14-21(29-30)15-9-11-18(12-10-15)27-24(32)19-7-2-3-8-20(19)25/h2-3,7-12,14,16-17H,4-6,13,26H2,1H3,(H,27,32)(H,28,31)/t16?,17-/m0/s1. The average molecular weight is 452 g/mol. The molecule has 4 N–H and O–H groups in total. The third kappa shape index (κ3) is 5.00. The van der Waals surface area contributed by atoms with E-state index in [4.69, 9.17) is 17.3 Å². The van der Waals surface area contributed by atoms with Crippen molar-refractivity contribution in [3.05, 3.63) is 65.2 Å². The van der Waals surface area contributed by atoms with Crippen LogP contribution in [0.2, 0.25) is 5.02 Å². The van der Waals surface area contributed by atoms with Crippen LogP contribution in [0.5, 0.6) is 0 Å². The Morgan fingerprint density at radius 3 is 2.56 bits per heavy atom. The number of aromatic nitrogens is 2. The number of benzene rings is 2. The summed E-state index contributed by atoms with van der Waals surface area (Å²) in [6, 6.07) is 16.2. The summed E-state index contributed by atoms with van der Waals surface area (Å²) in [5, 5.41) is 10.8. The number of carbonyl (C=O) groups excluding carboxylic acids is 2. The maximum absolute atomic E-state index is 12.6. The fourth-order valence-corrected chi connectivity index (χ4v) is 4.21. The van der Waals surface area contributed by atoms with Gasteiger partial charge in [-0.15, -0.1) is 0 Å². The Balaban J connectivity index is 1.43. The first-order chi connectivity index (χ1) is 15.4. The Hall–Kier alpha value is -3.16. The number of nitrogens with two attached hydrogens (primary N) is 1. The van der Waals surface area contributed by atoms with Gasteiger partial charge in [-0.05, 0) is 43.5 Å². The molecule has 166 valence electrons. The van der Waals surface area contributed by atoms with Crippen LogP contribution in [-0.2, 0) is 11.8 Å². The normalized spacial score (nSPS) is 18.2. The number of hydrogen-bond acceptors (Lipinski definition) is 4. The van der Waals surface area contributed by atoms with E-state index in [0.29, 0.717) is 22.1 Å². The molecular formula is C24H26ClN5O2. The molecule has 4 rings (SSSR count). The fraction of sp³-hybridized carbons (Fsp3) is 0.292. The Bertz CT molecular complexity index is 1130. The molecule has 1 fully saturated rings. The highest BCUT2D eigenvalue weighted by atomic mass is 35.5. The first-order valence-electron chi connectivity index (χ1n) is 10.7. The van der Waals surface area contributed by atoms with Gasteiger partial charge in [-0.2, -0.15) is 5.10 Å². The Morgan fingerprint density at radius 1 is 1.09 bits per heavy atom. The van der Waals surface area contributed by atoms with E-state index in [1.807, 2.05) is 18.2 Å². The summed E-state index contributed by atoms with van der Waals surface area (Å²) >= 11 is 6.09. The highest BCUT2D eigenvalue weighted by Gasteiger charge is 2.26. The monoisotopic (exact) mass is 451 g/mol. The van der Waals surface area contributed by atoms with Gasteiger partial charge >= 0.3 is 0 Å². The highest BCUT2D eigenvalue weighted by Crippen LogP contribution is 2.27.